The molecule has 1 saturated heterocycles. The molecular formula is C15H22O2. The van der Waals surface area contributed by atoms with Crippen LogP contribution in [0.3, 0.4) is 0 Å². The highest BCUT2D eigenvalue weighted by Gasteiger charge is 2.27. The fourth-order valence-corrected chi connectivity index (χ4v) is 2.37. The molecule has 0 aromatic heterocycles. The Balaban J connectivity index is 1.80. The topological polar surface area (TPSA) is 18.5 Å². The molecule has 3 atom stereocenters. The van der Waals surface area contributed by atoms with E-state index in [-0.39, 0.29) is 6.29 Å². The summed E-state index contributed by atoms with van der Waals surface area (Å²) in [5.74, 6) is 0.663. The molecule has 17 heavy (non-hydrogen) atoms. The standard InChI is InChI=1S/C15H22O2/c1-3-14-12(2)9-10-15(17-14)16-11-13-7-5-4-6-8-13/h4-8,12,14-15H,3,9-11H2,1-2H3. The molecule has 0 spiro atoms. The fourth-order valence-electron chi connectivity index (χ4n) is 2.37. The predicted octanol–water partition coefficient (Wildman–Crippen LogP) is 3.75. The number of rotatable bonds is 4. The van der Waals surface area contributed by atoms with Crippen LogP contribution in [0.4, 0.5) is 0 Å². The van der Waals surface area contributed by atoms with Crippen LogP contribution in [0.2, 0.25) is 0 Å². The van der Waals surface area contributed by atoms with Crippen molar-refractivity contribution < 1.29 is 9.47 Å². The quantitative estimate of drug-likeness (QED) is 0.789. The average Bonchev–Trinajstić information content (AvgIpc) is 2.39. The van der Waals surface area contributed by atoms with E-state index in [4.69, 9.17) is 9.47 Å². The second kappa shape index (κ2) is 6.18. The Kier molecular flexibility index (Phi) is 4.57. The van der Waals surface area contributed by atoms with Crippen LogP contribution >= 0.6 is 0 Å². The lowest BCUT2D eigenvalue weighted by molar-refractivity contribution is -0.213. The summed E-state index contributed by atoms with van der Waals surface area (Å²) in [6.45, 7) is 5.10. The van der Waals surface area contributed by atoms with Crippen molar-refractivity contribution in [3.8, 4) is 0 Å². The Morgan fingerprint density at radius 1 is 1.24 bits per heavy atom. The molecule has 1 aromatic rings. The molecule has 0 radical (unpaired) electrons. The van der Waals surface area contributed by atoms with Crippen molar-refractivity contribution in [3.63, 3.8) is 0 Å². The SMILES string of the molecule is CCC1OC(OCc2ccccc2)CCC1C. The van der Waals surface area contributed by atoms with E-state index in [1.54, 1.807) is 0 Å². The van der Waals surface area contributed by atoms with Crippen LogP contribution in [0.5, 0.6) is 0 Å². The summed E-state index contributed by atoms with van der Waals surface area (Å²) >= 11 is 0. The number of benzene rings is 1. The van der Waals surface area contributed by atoms with Crippen molar-refractivity contribution in [2.75, 3.05) is 0 Å². The maximum absolute atomic E-state index is 5.95. The largest absolute Gasteiger partial charge is 0.349 e. The summed E-state index contributed by atoms with van der Waals surface area (Å²) in [6.07, 6.45) is 3.65. The van der Waals surface area contributed by atoms with Gasteiger partial charge in [-0.3, -0.25) is 0 Å². The van der Waals surface area contributed by atoms with Crippen molar-refractivity contribution in [1.82, 2.24) is 0 Å². The molecule has 1 fully saturated rings. The molecule has 1 aliphatic rings. The molecule has 94 valence electrons. The van der Waals surface area contributed by atoms with Gasteiger partial charge in [0.15, 0.2) is 6.29 Å². The molecule has 0 bridgehead atoms. The van der Waals surface area contributed by atoms with Gasteiger partial charge < -0.3 is 9.47 Å². The first kappa shape index (κ1) is 12.6. The van der Waals surface area contributed by atoms with E-state index in [2.05, 4.69) is 26.0 Å². The van der Waals surface area contributed by atoms with Crippen LogP contribution in [-0.4, -0.2) is 12.4 Å². The Labute approximate surface area is 104 Å². The minimum atomic E-state index is -0.0173. The third-order valence-corrected chi connectivity index (χ3v) is 3.50. The van der Waals surface area contributed by atoms with Gasteiger partial charge in [-0.2, -0.15) is 0 Å². The fraction of sp³-hybridized carbons (Fsp3) is 0.600. The summed E-state index contributed by atoms with van der Waals surface area (Å²) in [5.41, 5.74) is 1.21. The van der Waals surface area contributed by atoms with Crippen LogP contribution < -0.4 is 0 Å². The van der Waals surface area contributed by atoms with E-state index in [1.165, 1.54) is 12.0 Å². The molecule has 0 saturated carbocycles. The van der Waals surface area contributed by atoms with Crippen LogP contribution in [0.1, 0.15) is 38.7 Å². The third-order valence-electron chi connectivity index (χ3n) is 3.50. The normalized spacial score (nSPS) is 29.2. The Morgan fingerprint density at radius 3 is 2.71 bits per heavy atom. The molecule has 0 N–H and O–H groups in total. The molecule has 3 unspecified atom stereocenters. The van der Waals surface area contributed by atoms with Gasteiger partial charge in [0.05, 0.1) is 12.7 Å². The molecule has 1 heterocycles. The molecule has 1 aromatic carbocycles. The molecule has 0 aliphatic carbocycles. The van der Waals surface area contributed by atoms with Gasteiger partial charge in [0.2, 0.25) is 0 Å². The van der Waals surface area contributed by atoms with Crippen molar-refractivity contribution in [2.45, 2.75) is 52.1 Å². The second-order valence-electron chi connectivity index (χ2n) is 4.86. The van der Waals surface area contributed by atoms with E-state index in [1.807, 2.05) is 18.2 Å². The first-order valence-electron chi connectivity index (χ1n) is 6.60. The lowest BCUT2D eigenvalue weighted by atomic mass is 9.94. The molecule has 2 nitrogen and oxygen atoms in total. The summed E-state index contributed by atoms with van der Waals surface area (Å²) in [4.78, 5) is 0. The minimum absolute atomic E-state index is 0.0173. The highest BCUT2D eigenvalue weighted by molar-refractivity contribution is 5.13. The van der Waals surface area contributed by atoms with Crippen LogP contribution in [0.25, 0.3) is 0 Å². The van der Waals surface area contributed by atoms with Gasteiger partial charge in [-0.15, -0.1) is 0 Å². The zero-order chi connectivity index (χ0) is 12.1. The van der Waals surface area contributed by atoms with Crippen molar-refractivity contribution in [3.05, 3.63) is 35.9 Å². The summed E-state index contributed by atoms with van der Waals surface area (Å²) in [6, 6.07) is 10.3. The number of ether oxygens (including phenoxy) is 2. The molecule has 2 rings (SSSR count). The predicted molar refractivity (Wildman–Crippen MR) is 68.6 cm³/mol. The van der Waals surface area contributed by atoms with Crippen molar-refractivity contribution >= 4 is 0 Å². The number of hydrogen-bond donors (Lipinski definition) is 0. The van der Waals surface area contributed by atoms with Gasteiger partial charge in [-0.05, 0) is 30.7 Å². The molecular weight excluding hydrogens is 212 g/mol. The highest BCUT2D eigenvalue weighted by Crippen LogP contribution is 2.27. The van der Waals surface area contributed by atoms with Gasteiger partial charge in [0.1, 0.15) is 0 Å². The van der Waals surface area contributed by atoms with E-state index >= 15 is 0 Å². The van der Waals surface area contributed by atoms with E-state index < -0.39 is 0 Å². The van der Waals surface area contributed by atoms with Gasteiger partial charge in [0.25, 0.3) is 0 Å². The van der Waals surface area contributed by atoms with Gasteiger partial charge in [0, 0.05) is 0 Å². The Morgan fingerprint density at radius 2 is 2.00 bits per heavy atom. The summed E-state index contributed by atoms with van der Waals surface area (Å²) in [7, 11) is 0. The van der Waals surface area contributed by atoms with Gasteiger partial charge >= 0.3 is 0 Å². The van der Waals surface area contributed by atoms with E-state index in [9.17, 15) is 0 Å². The smallest absolute Gasteiger partial charge is 0.158 e. The van der Waals surface area contributed by atoms with E-state index in [0.717, 1.165) is 12.8 Å². The maximum atomic E-state index is 5.95. The summed E-state index contributed by atoms with van der Waals surface area (Å²) < 4.78 is 11.8. The van der Waals surface area contributed by atoms with Gasteiger partial charge in [-0.25, -0.2) is 0 Å². The Hall–Kier alpha value is -0.860. The first-order chi connectivity index (χ1) is 8.29. The van der Waals surface area contributed by atoms with Crippen LogP contribution in [0.15, 0.2) is 30.3 Å². The van der Waals surface area contributed by atoms with Gasteiger partial charge in [-0.1, -0.05) is 44.2 Å². The van der Waals surface area contributed by atoms with E-state index in [0.29, 0.717) is 18.6 Å². The zero-order valence-corrected chi connectivity index (χ0v) is 10.8. The zero-order valence-electron chi connectivity index (χ0n) is 10.8. The van der Waals surface area contributed by atoms with Crippen LogP contribution in [-0.2, 0) is 16.1 Å². The molecule has 0 amide bonds. The van der Waals surface area contributed by atoms with Crippen molar-refractivity contribution in [2.24, 2.45) is 5.92 Å². The summed E-state index contributed by atoms with van der Waals surface area (Å²) in [5, 5.41) is 0. The lowest BCUT2D eigenvalue weighted by Crippen LogP contribution is -2.34. The highest BCUT2D eigenvalue weighted by atomic mass is 16.7. The first-order valence-corrected chi connectivity index (χ1v) is 6.60. The third kappa shape index (κ3) is 3.55. The average molecular weight is 234 g/mol. The van der Waals surface area contributed by atoms with Crippen LogP contribution in [0, 0.1) is 5.92 Å². The minimum Gasteiger partial charge on any atom is -0.349 e. The monoisotopic (exact) mass is 234 g/mol. The maximum Gasteiger partial charge on any atom is 0.158 e. The van der Waals surface area contributed by atoms with Crippen molar-refractivity contribution in [1.29, 1.82) is 0 Å². The molecule has 1 aliphatic heterocycles. The molecule has 2 heteroatoms. The number of hydrogen-bond acceptors (Lipinski definition) is 2. The Bertz CT molecular complexity index is 323. The second-order valence-corrected chi connectivity index (χ2v) is 4.86. The lowest BCUT2D eigenvalue weighted by Gasteiger charge is -2.34.